The van der Waals surface area contributed by atoms with Gasteiger partial charge in [0.15, 0.2) is 11.6 Å². The van der Waals surface area contributed by atoms with E-state index in [4.69, 9.17) is 9.47 Å². The van der Waals surface area contributed by atoms with Crippen LogP contribution in [0.5, 0.6) is 11.5 Å². The minimum Gasteiger partial charge on any atom is -0.486 e. The quantitative estimate of drug-likeness (QED) is 0.614. The first-order valence-electron chi connectivity index (χ1n) is 6.88. The average molecular weight is 306 g/mol. The maximum atomic E-state index is 13.9. The zero-order valence-corrected chi connectivity index (χ0v) is 12.4. The van der Waals surface area contributed by atoms with E-state index in [0.29, 0.717) is 0 Å². The van der Waals surface area contributed by atoms with Gasteiger partial charge in [-0.3, -0.25) is 4.79 Å². The maximum absolute atomic E-state index is 13.9. The highest BCUT2D eigenvalue weighted by Gasteiger charge is 2.14. The van der Waals surface area contributed by atoms with Crippen molar-refractivity contribution in [2.24, 2.45) is 0 Å². The lowest BCUT2D eigenvalue weighted by Crippen LogP contribution is -2.10. The smallest absolute Gasteiger partial charge is 0.310 e. The van der Waals surface area contributed by atoms with Crippen LogP contribution in [0.1, 0.15) is 24.5 Å². The van der Waals surface area contributed by atoms with Crippen LogP contribution in [-0.2, 0) is 11.4 Å². The number of ether oxygens (including phenoxy) is 2. The van der Waals surface area contributed by atoms with Crippen molar-refractivity contribution in [2.75, 3.05) is 0 Å². The van der Waals surface area contributed by atoms with E-state index in [-0.39, 0.29) is 30.1 Å². The molecule has 3 nitrogen and oxygen atoms in total. The number of carbonyl (C=O) groups is 1. The summed E-state index contributed by atoms with van der Waals surface area (Å²) in [7, 11) is 0. The first-order chi connectivity index (χ1) is 10.5. The summed E-state index contributed by atoms with van der Waals surface area (Å²) in [6.07, 6.45) is 0.170. The van der Waals surface area contributed by atoms with Crippen LogP contribution in [0.25, 0.3) is 0 Å². The van der Waals surface area contributed by atoms with E-state index in [1.54, 1.807) is 19.9 Å². The summed E-state index contributed by atoms with van der Waals surface area (Å²) in [5.74, 6) is -1.48. The second kappa shape index (κ2) is 7.02. The van der Waals surface area contributed by atoms with Gasteiger partial charge in [0.25, 0.3) is 0 Å². The maximum Gasteiger partial charge on any atom is 0.310 e. The summed E-state index contributed by atoms with van der Waals surface area (Å²) in [6, 6.07) is 8.63. The van der Waals surface area contributed by atoms with Crippen LogP contribution in [0.2, 0.25) is 0 Å². The lowest BCUT2D eigenvalue weighted by atomic mass is 10.2. The van der Waals surface area contributed by atoms with Crippen LogP contribution in [0.3, 0.4) is 0 Å². The fourth-order valence-corrected chi connectivity index (χ4v) is 1.84. The molecule has 0 radical (unpaired) electrons. The normalized spacial score (nSPS) is 10.4. The highest BCUT2D eigenvalue weighted by atomic mass is 19.1. The van der Waals surface area contributed by atoms with Gasteiger partial charge in [0, 0.05) is 6.42 Å². The number of aryl methyl sites for hydroxylation is 1. The van der Waals surface area contributed by atoms with Gasteiger partial charge in [0.05, 0.1) is 5.56 Å². The molecule has 0 heterocycles. The molecule has 0 saturated heterocycles. The summed E-state index contributed by atoms with van der Waals surface area (Å²) in [5, 5.41) is 0. The minimum atomic E-state index is -0.575. The van der Waals surface area contributed by atoms with Crippen molar-refractivity contribution in [1.29, 1.82) is 0 Å². The Labute approximate surface area is 127 Å². The number of esters is 1. The molecule has 0 spiro atoms. The Morgan fingerprint density at radius 2 is 1.86 bits per heavy atom. The molecule has 2 aromatic rings. The third-order valence-electron chi connectivity index (χ3n) is 3.05. The molecule has 0 bridgehead atoms. The third kappa shape index (κ3) is 3.81. The Morgan fingerprint density at radius 1 is 1.09 bits per heavy atom. The molecule has 0 unspecified atom stereocenters. The standard InChI is InChI=1S/C17H16F2O3/c1-3-17(20)22-15-6-4-5-13(18)12(15)10-21-16-8-7-11(2)9-14(16)19/h4-9H,3,10H2,1-2H3. The van der Waals surface area contributed by atoms with E-state index < -0.39 is 17.6 Å². The number of benzene rings is 2. The highest BCUT2D eigenvalue weighted by molar-refractivity contribution is 5.72. The summed E-state index contributed by atoms with van der Waals surface area (Å²) < 4.78 is 38.0. The van der Waals surface area contributed by atoms with Gasteiger partial charge in [-0.2, -0.15) is 0 Å². The zero-order chi connectivity index (χ0) is 16.1. The molecule has 0 aliphatic rings. The molecule has 0 saturated carbocycles. The number of carbonyl (C=O) groups excluding carboxylic acids is 1. The van der Waals surface area contributed by atoms with Crippen LogP contribution in [0, 0.1) is 18.6 Å². The fraction of sp³-hybridized carbons (Fsp3) is 0.235. The van der Waals surface area contributed by atoms with E-state index in [1.807, 2.05) is 0 Å². The van der Waals surface area contributed by atoms with Gasteiger partial charge in [-0.15, -0.1) is 0 Å². The molecule has 0 fully saturated rings. The molecular weight excluding hydrogens is 290 g/mol. The van der Waals surface area contributed by atoms with Gasteiger partial charge < -0.3 is 9.47 Å². The van der Waals surface area contributed by atoms with Gasteiger partial charge in [0.2, 0.25) is 0 Å². The molecule has 0 aliphatic heterocycles. The minimum absolute atomic E-state index is 0.0154. The summed E-state index contributed by atoms with van der Waals surface area (Å²) >= 11 is 0. The Morgan fingerprint density at radius 3 is 2.55 bits per heavy atom. The van der Waals surface area contributed by atoms with Crippen LogP contribution in [0.15, 0.2) is 36.4 Å². The lowest BCUT2D eigenvalue weighted by molar-refractivity contribution is -0.134. The second-order valence-electron chi connectivity index (χ2n) is 4.77. The van der Waals surface area contributed by atoms with Crippen molar-refractivity contribution in [3.05, 3.63) is 59.2 Å². The Bertz CT molecular complexity index is 684. The first kappa shape index (κ1) is 15.9. The van der Waals surface area contributed by atoms with Crippen molar-refractivity contribution in [3.8, 4) is 11.5 Å². The Balaban J connectivity index is 2.19. The molecule has 2 rings (SSSR count). The molecule has 22 heavy (non-hydrogen) atoms. The molecular formula is C17H16F2O3. The predicted octanol–water partition coefficient (Wildman–Crippen LogP) is 4.17. The lowest BCUT2D eigenvalue weighted by Gasteiger charge is -2.12. The molecule has 0 aromatic heterocycles. The Hall–Kier alpha value is -2.43. The fourth-order valence-electron chi connectivity index (χ4n) is 1.84. The largest absolute Gasteiger partial charge is 0.486 e. The average Bonchev–Trinajstić information content (AvgIpc) is 2.48. The van der Waals surface area contributed by atoms with Gasteiger partial charge in [0.1, 0.15) is 18.2 Å². The van der Waals surface area contributed by atoms with Gasteiger partial charge >= 0.3 is 5.97 Å². The van der Waals surface area contributed by atoms with Gasteiger partial charge in [-0.25, -0.2) is 8.78 Å². The highest BCUT2D eigenvalue weighted by Crippen LogP contribution is 2.25. The first-order valence-corrected chi connectivity index (χ1v) is 6.88. The van der Waals surface area contributed by atoms with Crippen molar-refractivity contribution in [2.45, 2.75) is 26.9 Å². The number of hydrogen-bond donors (Lipinski definition) is 0. The number of halogens is 2. The molecule has 0 aliphatic carbocycles. The van der Waals surface area contributed by atoms with Gasteiger partial charge in [-0.05, 0) is 36.8 Å². The van der Waals surface area contributed by atoms with Crippen molar-refractivity contribution >= 4 is 5.97 Å². The van der Waals surface area contributed by atoms with Gasteiger partial charge in [-0.1, -0.05) is 19.1 Å². The number of rotatable bonds is 5. The van der Waals surface area contributed by atoms with Crippen molar-refractivity contribution in [3.63, 3.8) is 0 Å². The van der Waals surface area contributed by atoms with Crippen molar-refractivity contribution < 1.29 is 23.0 Å². The van der Waals surface area contributed by atoms with Crippen LogP contribution in [-0.4, -0.2) is 5.97 Å². The summed E-state index contributed by atoms with van der Waals surface area (Å²) in [4.78, 5) is 11.4. The predicted molar refractivity (Wildman–Crippen MR) is 77.8 cm³/mol. The molecule has 2 aromatic carbocycles. The number of hydrogen-bond acceptors (Lipinski definition) is 3. The van der Waals surface area contributed by atoms with E-state index in [0.717, 1.165) is 5.56 Å². The monoisotopic (exact) mass is 306 g/mol. The van der Waals surface area contributed by atoms with E-state index in [9.17, 15) is 13.6 Å². The topological polar surface area (TPSA) is 35.5 Å². The van der Waals surface area contributed by atoms with Crippen LogP contribution < -0.4 is 9.47 Å². The summed E-state index contributed by atoms with van der Waals surface area (Å²) in [6.45, 7) is 3.16. The van der Waals surface area contributed by atoms with Crippen molar-refractivity contribution in [1.82, 2.24) is 0 Å². The Kier molecular flexibility index (Phi) is 5.09. The second-order valence-corrected chi connectivity index (χ2v) is 4.77. The zero-order valence-electron chi connectivity index (χ0n) is 12.4. The van der Waals surface area contributed by atoms with E-state index >= 15 is 0 Å². The van der Waals surface area contributed by atoms with Crippen LogP contribution >= 0.6 is 0 Å². The van der Waals surface area contributed by atoms with E-state index in [2.05, 4.69) is 0 Å². The summed E-state index contributed by atoms with van der Waals surface area (Å²) in [5.41, 5.74) is 0.831. The molecule has 0 N–H and O–H groups in total. The molecule has 5 heteroatoms. The van der Waals surface area contributed by atoms with E-state index in [1.165, 1.54) is 30.3 Å². The van der Waals surface area contributed by atoms with Crippen LogP contribution in [0.4, 0.5) is 8.78 Å². The SMILES string of the molecule is CCC(=O)Oc1cccc(F)c1COc1ccc(C)cc1F. The molecule has 0 atom stereocenters. The molecule has 116 valence electrons. The third-order valence-corrected chi connectivity index (χ3v) is 3.05. The molecule has 0 amide bonds.